The third-order valence-corrected chi connectivity index (χ3v) is 3.89. The van der Waals surface area contributed by atoms with Crippen LogP contribution in [-0.2, 0) is 19.1 Å². The topological polar surface area (TPSA) is 121 Å². The van der Waals surface area contributed by atoms with Crippen LogP contribution in [0.15, 0.2) is 24.3 Å². The van der Waals surface area contributed by atoms with Gasteiger partial charge < -0.3 is 4.74 Å². The predicted octanol–water partition coefficient (Wildman–Crippen LogP) is -0.406. The van der Waals surface area contributed by atoms with Crippen molar-refractivity contribution in [3.8, 4) is 0 Å². The molecule has 2 aliphatic rings. The van der Waals surface area contributed by atoms with Crippen LogP contribution in [0, 0.1) is 0 Å². The van der Waals surface area contributed by atoms with Gasteiger partial charge >= 0.3 is 23.8 Å². The second kappa shape index (κ2) is 6.39. The van der Waals surface area contributed by atoms with Crippen molar-refractivity contribution in [1.29, 1.82) is 0 Å². The molecule has 0 radical (unpaired) electrons. The highest BCUT2D eigenvalue weighted by atomic mass is 16.5. The van der Waals surface area contributed by atoms with E-state index >= 15 is 0 Å². The molecule has 0 atom stereocenters. The van der Waals surface area contributed by atoms with Gasteiger partial charge in [-0.3, -0.25) is 28.9 Å². The lowest BCUT2D eigenvalue weighted by atomic mass is 10.1. The van der Waals surface area contributed by atoms with E-state index in [1.165, 1.54) is 12.1 Å². The molecule has 10 heteroatoms. The number of carbonyl (C=O) groups excluding carboxylic acids is 6. The number of rotatable bonds is 5. The SMILES string of the molecule is CCOC(=O)CN1C(=O)C(=O)N(CN2C(=O)c3ccccc3C2=O)C1=O. The van der Waals surface area contributed by atoms with Crippen LogP contribution in [0.5, 0.6) is 0 Å². The van der Waals surface area contributed by atoms with Gasteiger partial charge in [-0.1, -0.05) is 12.1 Å². The third kappa shape index (κ3) is 2.61. The monoisotopic (exact) mass is 359 g/mol. The van der Waals surface area contributed by atoms with Crippen LogP contribution in [0.2, 0.25) is 0 Å². The summed E-state index contributed by atoms with van der Waals surface area (Å²) >= 11 is 0. The van der Waals surface area contributed by atoms with Crippen LogP contribution in [0.25, 0.3) is 0 Å². The van der Waals surface area contributed by atoms with Crippen LogP contribution < -0.4 is 0 Å². The molecule has 0 aliphatic carbocycles. The average molecular weight is 359 g/mol. The van der Waals surface area contributed by atoms with Gasteiger partial charge in [-0.2, -0.15) is 0 Å². The molecular formula is C16H13N3O7. The standard InChI is InChI=1S/C16H13N3O7/c1-2-26-11(20)7-17-14(23)15(24)19(16(17)25)8-18-12(21)9-5-3-4-6-10(9)13(18)22/h3-6H,2,7-8H2,1H3. The van der Waals surface area contributed by atoms with Gasteiger partial charge in [-0.25, -0.2) is 14.6 Å². The first-order valence-corrected chi connectivity index (χ1v) is 7.65. The number of carbonyl (C=O) groups is 6. The summed E-state index contributed by atoms with van der Waals surface area (Å²) < 4.78 is 4.65. The molecule has 2 aliphatic heterocycles. The molecule has 3 rings (SSSR count). The number of imide groups is 3. The van der Waals surface area contributed by atoms with E-state index in [1.54, 1.807) is 19.1 Å². The van der Waals surface area contributed by atoms with Crippen LogP contribution in [-0.4, -0.2) is 70.1 Å². The Morgan fingerprint density at radius 1 is 0.846 bits per heavy atom. The fourth-order valence-electron chi connectivity index (χ4n) is 2.66. The number of amides is 6. The average Bonchev–Trinajstić information content (AvgIpc) is 2.97. The molecule has 0 aromatic heterocycles. The largest absolute Gasteiger partial charge is 0.465 e. The van der Waals surface area contributed by atoms with Crippen LogP contribution in [0.4, 0.5) is 4.79 Å². The number of urea groups is 1. The maximum Gasteiger partial charge on any atom is 0.336 e. The van der Waals surface area contributed by atoms with Crippen LogP contribution in [0.1, 0.15) is 27.6 Å². The molecular weight excluding hydrogens is 346 g/mol. The second-order valence-electron chi connectivity index (χ2n) is 5.44. The smallest absolute Gasteiger partial charge is 0.336 e. The summed E-state index contributed by atoms with van der Waals surface area (Å²) in [6, 6.07) is 4.95. The van der Waals surface area contributed by atoms with Crippen molar-refractivity contribution in [1.82, 2.24) is 14.7 Å². The fraction of sp³-hybridized carbons (Fsp3) is 0.250. The van der Waals surface area contributed by atoms with Crippen molar-refractivity contribution in [2.24, 2.45) is 0 Å². The Balaban J connectivity index is 1.79. The van der Waals surface area contributed by atoms with Crippen molar-refractivity contribution in [3.63, 3.8) is 0 Å². The molecule has 0 saturated carbocycles. The van der Waals surface area contributed by atoms with Crippen LogP contribution in [0.3, 0.4) is 0 Å². The van der Waals surface area contributed by atoms with Gasteiger partial charge in [0, 0.05) is 0 Å². The molecule has 0 bridgehead atoms. The molecule has 10 nitrogen and oxygen atoms in total. The maximum atomic E-state index is 12.3. The van der Waals surface area contributed by atoms with Gasteiger partial charge in [0.15, 0.2) is 0 Å². The Kier molecular flexibility index (Phi) is 4.24. The van der Waals surface area contributed by atoms with Gasteiger partial charge in [0.2, 0.25) is 0 Å². The summed E-state index contributed by atoms with van der Waals surface area (Å²) in [4.78, 5) is 74.0. The van der Waals surface area contributed by atoms with Gasteiger partial charge in [-0.05, 0) is 19.1 Å². The highest BCUT2D eigenvalue weighted by Gasteiger charge is 2.48. The number of ether oxygens (including phenoxy) is 1. The Morgan fingerprint density at radius 3 is 1.92 bits per heavy atom. The Morgan fingerprint density at radius 2 is 1.38 bits per heavy atom. The number of esters is 1. The molecule has 134 valence electrons. The van der Waals surface area contributed by atoms with Gasteiger partial charge in [0.1, 0.15) is 13.2 Å². The Labute approximate surface area is 146 Å². The van der Waals surface area contributed by atoms with Crippen molar-refractivity contribution in [2.75, 3.05) is 19.8 Å². The van der Waals surface area contributed by atoms with E-state index in [0.717, 1.165) is 0 Å². The zero-order chi connectivity index (χ0) is 19.0. The van der Waals surface area contributed by atoms with Crippen molar-refractivity contribution < 1.29 is 33.5 Å². The summed E-state index contributed by atoms with van der Waals surface area (Å²) in [6.07, 6.45) is 0. The van der Waals surface area contributed by atoms with E-state index in [2.05, 4.69) is 4.74 Å². The quantitative estimate of drug-likeness (QED) is 0.303. The number of hydrogen-bond acceptors (Lipinski definition) is 7. The minimum absolute atomic E-state index is 0.0434. The first-order valence-electron chi connectivity index (χ1n) is 7.65. The van der Waals surface area contributed by atoms with Crippen molar-refractivity contribution in [2.45, 2.75) is 6.92 Å². The van der Waals surface area contributed by atoms with E-state index in [0.29, 0.717) is 14.7 Å². The molecule has 2 heterocycles. The maximum absolute atomic E-state index is 12.3. The van der Waals surface area contributed by atoms with E-state index in [9.17, 15) is 28.8 Å². The number of fused-ring (bicyclic) bond motifs is 1. The van der Waals surface area contributed by atoms with Crippen LogP contribution >= 0.6 is 0 Å². The Hall–Kier alpha value is -3.56. The second-order valence-corrected chi connectivity index (χ2v) is 5.44. The lowest BCUT2D eigenvalue weighted by Gasteiger charge is -2.20. The highest BCUT2D eigenvalue weighted by molar-refractivity contribution is 6.45. The number of nitrogens with zero attached hydrogens (tertiary/aromatic N) is 3. The zero-order valence-electron chi connectivity index (χ0n) is 13.6. The normalized spacial score (nSPS) is 16.7. The lowest BCUT2D eigenvalue weighted by Crippen LogP contribution is -2.45. The zero-order valence-corrected chi connectivity index (χ0v) is 13.6. The summed E-state index contributed by atoms with van der Waals surface area (Å²) in [5.41, 5.74) is 0.289. The summed E-state index contributed by atoms with van der Waals surface area (Å²) in [5, 5.41) is 0. The first kappa shape index (κ1) is 17.3. The first-order chi connectivity index (χ1) is 12.4. The highest BCUT2D eigenvalue weighted by Crippen LogP contribution is 2.24. The molecule has 0 N–H and O–H groups in total. The fourth-order valence-corrected chi connectivity index (χ4v) is 2.66. The predicted molar refractivity (Wildman–Crippen MR) is 82.4 cm³/mol. The van der Waals surface area contributed by atoms with E-state index in [1.807, 2.05) is 0 Å². The molecule has 1 aromatic carbocycles. The van der Waals surface area contributed by atoms with Gasteiger partial charge in [0.05, 0.1) is 17.7 Å². The molecule has 0 spiro atoms. The van der Waals surface area contributed by atoms with Crippen molar-refractivity contribution in [3.05, 3.63) is 35.4 Å². The Bertz CT molecular complexity index is 828. The van der Waals surface area contributed by atoms with Gasteiger partial charge in [-0.15, -0.1) is 0 Å². The van der Waals surface area contributed by atoms with E-state index in [-0.39, 0.29) is 17.7 Å². The molecule has 1 aromatic rings. The molecule has 6 amide bonds. The summed E-state index contributed by atoms with van der Waals surface area (Å²) in [5.74, 6) is -4.66. The van der Waals surface area contributed by atoms with Crippen molar-refractivity contribution >= 4 is 35.6 Å². The van der Waals surface area contributed by atoms with E-state index in [4.69, 9.17) is 0 Å². The third-order valence-electron chi connectivity index (χ3n) is 3.89. The molecule has 1 fully saturated rings. The number of benzene rings is 1. The molecule has 0 unspecified atom stereocenters. The molecule has 26 heavy (non-hydrogen) atoms. The number of hydrogen-bond donors (Lipinski definition) is 0. The minimum atomic E-state index is -1.23. The van der Waals surface area contributed by atoms with Gasteiger partial charge in [0.25, 0.3) is 11.8 Å². The van der Waals surface area contributed by atoms with E-state index < -0.39 is 48.8 Å². The molecule has 1 saturated heterocycles. The lowest BCUT2D eigenvalue weighted by molar-refractivity contribution is -0.148. The summed E-state index contributed by atoms with van der Waals surface area (Å²) in [6.45, 7) is 0.151. The summed E-state index contributed by atoms with van der Waals surface area (Å²) in [7, 11) is 0. The minimum Gasteiger partial charge on any atom is -0.465 e.